The van der Waals surface area contributed by atoms with Crippen LogP contribution in [0.25, 0.3) is 0 Å². The Morgan fingerprint density at radius 2 is 1.00 bits per heavy atom. The zero-order chi connectivity index (χ0) is 3.58. The van der Waals surface area contributed by atoms with Crippen LogP contribution in [0, 0.1) is 0 Å². The van der Waals surface area contributed by atoms with Crippen molar-refractivity contribution >= 4 is 14.3 Å². The number of rotatable bonds is 0. The van der Waals surface area contributed by atoms with Crippen molar-refractivity contribution in [2.45, 2.75) is 24.7 Å². The fraction of sp³-hybridized carbons (Fsp3) is 1.00. The van der Waals surface area contributed by atoms with Gasteiger partial charge in [-0.2, -0.15) is 0 Å². The molecule has 0 fully saturated rings. The molecule has 0 aromatic heterocycles. The first-order valence-electron chi connectivity index (χ1n) is 1.73. The number of hydrogen-bond acceptors (Lipinski definition) is 0. The molecule has 0 saturated heterocycles. The van der Waals surface area contributed by atoms with Gasteiger partial charge >= 0.3 is 31.6 Å². The molecule has 0 aliphatic heterocycles. The van der Waals surface area contributed by atoms with Gasteiger partial charge < -0.3 is 0 Å². The van der Waals surface area contributed by atoms with Crippen LogP contribution >= 0.6 is 0 Å². The van der Waals surface area contributed by atoms with Gasteiger partial charge in [-0.05, 0) is 0 Å². The average molecular weight is 135 g/mol. The van der Waals surface area contributed by atoms with Crippen LogP contribution in [0.2, 0.25) is 17.3 Å². The van der Waals surface area contributed by atoms with Crippen LogP contribution in [0.4, 0.5) is 0 Å². The van der Waals surface area contributed by atoms with E-state index >= 15 is 0 Å². The summed E-state index contributed by atoms with van der Waals surface area (Å²) in [6, 6.07) is 0. The van der Waals surface area contributed by atoms with Gasteiger partial charge in [0.2, 0.25) is 0 Å². The van der Waals surface area contributed by atoms with Gasteiger partial charge in [-0.3, -0.25) is 0 Å². The third-order valence-electron chi connectivity index (χ3n) is 0. The Balaban J connectivity index is 0. The van der Waals surface area contributed by atoms with Crippen LogP contribution in [0.5, 0.6) is 0 Å². The van der Waals surface area contributed by atoms with Gasteiger partial charge in [-0.1, -0.05) is 7.43 Å². The molecular formula is C4H14Ge. The summed E-state index contributed by atoms with van der Waals surface area (Å²) in [4.78, 5) is 0. The fourth-order valence-electron chi connectivity index (χ4n) is 0. The average Bonchev–Trinajstić information content (AvgIpc) is 0.811. The van der Waals surface area contributed by atoms with Gasteiger partial charge in [-0.25, -0.2) is 0 Å². The summed E-state index contributed by atoms with van der Waals surface area (Å²) in [7, 11) is 0. The fourth-order valence-corrected chi connectivity index (χ4v) is 0. The van der Waals surface area contributed by atoms with Crippen molar-refractivity contribution in [1.82, 2.24) is 0 Å². The quantitative estimate of drug-likeness (QED) is 0.443. The van der Waals surface area contributed by atoms with Crippen molar-refractivity contribution in [1.29, 1.82) is 0 Å². The zero-order valence-electron chi connectivity index (χ0n) is 3.58. The van der Waals surface area contributed by atoms with Crippen LogP contribution in [0.15, 0.2) is 0 Å². The maximum atomic E-state index is 2.35. The minimum atomic E-state index is -0.479. The van der Waals surface area contributed by atoms with Crippen molar-refractivity contribution in [2.75, 3.05) is 0 Å². The Labute approximate surface area is 39.7 Å². The first kappa shape index (κ1) is 9.11. The molecule has 0 radical (unpaired) electrons. The zero-order valence-corrected chi connectivity index (χ0v) is 6.00. The van der Waals surface area contributed by atoms with E-state index in [1.807, 2.05) is 0 Å². The molecule has 0 aromatic carbocycles. The van der Waals surface area contributed by atoms with E-state index in [1.165, 1.54) is 0 Å². The molecule has 0 nitrogen and oxygen atoms in total. The van der Waals surface area contributed by atoms with E-state index in [1.54, 1.807) is 0 Å². The van der Waals surface area contributed by atoms with E-state index in [9.17, 15) is 0 Å². The normalized spacial score (nSPS) is 7.20. The molecule has 0 spiro atoms. The molecule has 0 amide bonds. The summed E-state index contributed by atoms with van der Waals surface area (Å²) >= 11 is -0.479. The molecule has 1 heteroatoms. The van der Waals surface area contributed by atoms with Gasteiger partial charge in [0.05, 0.1) is 0 Å². The Morgan fingerprint density at radius 1 is 1.00 bits per heavy atom. The maximum absolute atomic E-state index is 2.35. The predicted octanol–water partition coefficient (Wildman–Crippen LogP) is 1.74. The Kier molecular flexibility index (Phi) is 8.28. The Bertz CT molecular complexity index is 8.36. The summed E-state index contributed by atoms with van der Waals surface area (Å²) in [6.07, 6.45) is 0. The summed E-state index contributed by atoms with van der Waals surface area (Å²) in [5.41, 5.74) is 0. The van der Waals surface area contributed by atoms with Crippen molar-refractivity contribution in [3.05, 3.63) is 0 Å². The first-order chi connectivity index (χ1) is 1.73. The Morgan fingerprint density at radius 3 is 1.00 bits per heavy atom. The van der Waals surface area contributed by atoms with Crippen molar-refractivity contribution in [2.24, 2.45) is 0 Å². The molecule has 0 atom stereocenters. The summed E-state index contributed by atoms with van der Waals surface area (Å²) in [5, 5.41) is 0. The van der Waals surface area contributed by atoms with Crippen LogP contribution in [0.3, 0.4) is 0 Å². The van der Waals surface area contributed by atoms with Crippen LogP contribution < -0.4 is 0 Å². The van der Waals surface area contributed by atoms with Crippen molar-refractivity contribution in [3.63, 3.8) is 0 Å². The van der Waals surface area contributed by atoms with Gasteiger partial charge in [0.25, 0.3) is 0 Å². The molecule has 0 bridgehead atoms. The molecule has 0 saturated carbocycles. The topological polar surface area (TPSA) is 0 Å². The summed E-state index contributed by atoms with van der Waals surface area (Å²) in [6.45, 7) is 0. The minimum absolute atomic E-state index is 0. The Hall–Kier alpha value is 0.543. The second-order valence-corrected chi connectivity index (χ2v) is 9.00. The van der Waals surface area contributed by atoms with E-state index in [2.05, 4.69) is 17.3 Å². The third kappa shape index (κ3) is 99.7. The van der Waals surface area contributed by atoms with Crippen molar-refractivity contribution < 1.29 is 0 Å². The molecular weight excluding hydrogens is 121 g/mol. The molecule has 0 aliphatic carbocycles. The molecule has 0 rings (SSSR count). The van der Waals surface area contributed by atoms with Gasteiger partial charge in [0.1, 0.15) is 0 Å². The second-order valence-electron chi connectivity index (χ2n) is 1.73. The van der Waals surface area contributed by atoms with Crippen LogP contribution in [0.1, 0.15) is 7.43 Å². The van der Waals surface area contributed by atoms with E-state index in [4.69, 9.17) is 0 Å². The van der Waals surface area contributed by atoms with Crippen LogP contribution in [-0.2, 0) is 0 Å². The number of hydrogen-bond donors (Lipinski definition) is 0. The molecule has 34 valence electrons. The van der Waals surface area contributed by atoms with E-state index in [-0.39, 0.29) is 7.43 Å². The molecule has 0 unspecified atom stereocenters. The molecule has 0 N–H and O–H groups in total. The standard InChI is InChI=1S/C3H10Ge.CH4/c1-4(2)3;/h4H,1-3H3;1H4. The molecule has 0 aromatic rings. The predicted molar refractivity (Wildman–Crippen MR) is 31.5 cm³/mol. The molecule has 0 aliphatic rings. The van der Waals surface area contributed by atoms with Gasteiger partial charge in [-0.15, -0.1) is 0 Å². The van der Waals surface area contributed by atoms with Gasteiger partial charge in [0, 0.05) is 0 Å². The summed E-state index contributed by atoms with van der Waals surface area (Å²) in [5.74, 6) is 7.06. The van der Waals surface area contributed by atoms with Gasteiger partial charge in [0.15, 0.2) is 0 Å². The van der Waals surface area contributed by atoms with E-state index in [0.717, 1.165) is 0 Å². The monoisotopic (exact) mass is 136 g/mol. The molecule has 5 heavy (non-hydrogen) atoms. The van der Waals surface area contributed by atoms with Crippen molar-refractivity contribution in [3.8, 4) is 0 Å². The SMILES string of the molecule is C.[CH3][GeH]([CH3])[CH3]. The van der Waals surface area contributed by atoms with E-state index < -0.39 is 14.3 Å². The van der Waals surface area contributed by atoms with E-state index in [0.29, 0.717) is 0 Å². The third-order valence-corrected chi connectivity index (χ3v) is 0. The first-order valence-corrected chi connectivity index (χ1v) is 9.00. The summed E-state index contributed by atoms with van der Waals surface area (Å²) < 4.78 is 0. The second kappa shape index (κ2) is 4.54. The molecule has 0 heterocycles. The van der Waals surface area contributed by atoms with Crippen LogP contribution in [-0.4, -0.2) is 14.3 Å².